The van der Waals surface area contributed by atoms with Crippen molar-refractivity contribution in [3.8, 4) is 16.9 Å². The average molecular weight is 403 g/mol. The molecule has 0 saturated carbocycles. The van der Waals surface area contributed by atoms with Gasteiger partial charge in [-0.25, -0.2) is 0 Å². The van der Waals surface area contributed by atoms with Gasteiger partial charge in [0.05, 0.1) is 22.2 Å². The lowest BCUT2D eigenvalue weighted by molar-refractivity contribution is 0.477. The van der Waals surface area contributed by atoms with Crippen LogP contribution < -0.4 is 5.43 Å². The molecule has 2 atom stereocenters. The van der Waals surface area contributed by atoms with Crippen molar-refractivity contribution >= 4 is 29.4 Å². The van der Waals surface area contributed by atoms with Crippen LogP contribution in [0.25, 0.3) is 11.1 Å². The van der Waals surface area contributed by atoms with E-state index in [2.05, 4.69) is 17.1 Å². The standard InChI is InChI=1S/C22H24Cl2N2O/c1-5-15(3)21(22(4,24)6-2)26-25-14-16-10-7-8-11-17(16)20-18(23)12-9-13-19(20)27/h5-14,21,26-27H,2H2,1,3-4H3/b15-5-,25-14+. The second kappa shape index (κ2) is 9.12. The van der Waals surface area contributed by atoms with E-state index < -0.39 is 4.87 Å². The van der Waals surface area contributed by atoms with E-state index in [0.29, 0.717) is 10.6 Å². The molecule has 0 saturated heterocycles. The van der Waals surface area contributed by atoms with E-state index in [1.807, 2.05) is 51.1 Å². The fraction of sp³-hybridized carbons (Fsp3) is 0.227. The predicted molar refractivity (Wildman–Crippen MR) is 117 cm³/mol. The third kappa shape index (κ3) is 4.94. The fourth-order valence-corrected chi connectivity index (χ4v) is 3.25. The number of benzene rings is 2. The number of hydrogen-bond acceptors (Lipinski definition) is 3. The SMILES string of the molecule is C=CC(C)(Cl)C(N/N=C/c1ccccc1-c1c(O)cccc1Cl)/C(C)=C\C. The number of hydrogen-bond donors (Lipinski definition) is 2. The molecule has 0 fully saturated rings. The minimum Gasteiger partial charge on any atom is -0.507 e. The Morgan fingerprint density at radius 3 is 2.59 bits per heavy atom. The third-order valence-electron chi connectivity index (χ3n) is 4.50. The second-order valence-corrected chi connectivity index (χ2v) is 7.65. The van der Waals surface area contributed by atoms with Crippen LogP contribution >= 0.6 is 23.2 Å². The Balaban J connectivity index is 2.37. The van der Waals surface area contributed by atoms with Gasteiger partial charge in [0.15, 0.2) is 0 Å². The summed E-state index contributed by atoms with van der Waals surface area (Å²) in [6.45, 7) is 9.65. The van der Waals surface area contributed by atoms with E-state index in [1.54, 1.807) is 30.5 Å². The van der Waals surface area contributed by atoms with Crippen LogP contribution in [0.4, 0.5) is 0 Å². The van der Waals surface area contributed by atoms with Crippen molar-refractivity contribution in [2.75, 3.05) is 0 Å². The first kappa shape index (κ1) is 21.1. The minimum atomic E-state index is -0.686. The monoisotopic (exact) mass is 402 g/mol. The normalized spacial score (nSPS) is 15.4. The fourth-order valence-electron chi connectivity index (χ4n) is 2.76. The third-order valence-corrected chi connectivity index (χ3v) is 5.19. The molecule has 2 aromatic carbocycles. The molecular formula is C22H24Cl2N2O. The molecule has 2 unspecified atom stereocenters. The van der Waals surface area contributed by atoms with Crippen molar-refractivity contribution < 1.29 is 5.11 Å². The van der Waals surface area contributed by atoms with Gasteiger partial charge in [0.2, 0.25) is 0 Å². The Labute approximate surface area is 171 Å². The Morgan fingerprint density at radius 2 is 1.96 bits per heavy atom. The molecule has 3 nitrogen and oxygen atoms in total. The van der Waals surface area contributed by atoms with Crippen LogP contribution in [0.5, 0.6) is 5.75 Å². The Hall–Kier alpha value is -2.23. The quantitative estimate of drug-likeness (QED) is 0.252. The number of nitrogens with one attached hydrogen (secondary N) is 1. The van der Waals surface area contributed by atoms with Gasteiger partial charge in [-0.1, -0.05) is 59.7 Å². The smallest absolute Gasteiger partial charge is 0.124 e. The van der Waals surface area contributed by atoms with Gasteiger partial charge < -0.3 is 10.5 Å². The lowest BCUT2D eigenvalue weighted by atomic mass is 9.95. The van der Waals surface area contributed by atoms with Gasteiger partial charge in [-0.15, -0.1) is 18.2 Å². The van der Waals surface area contributed by atoms with E-state index in [0.717, 1.165) is 16.7 Å². The van der Waals surface area contributed by atoms with Crippen LogP contribution in [0.2, 0.25) is 5.02 Å². The Morgan fingerprint density at radius 1 is 1.26 bits per heavy atom. The van der Waals surface area contributed by atoms with Crippen LogP contribution in [-0.4, -0.2) is 22.2 Å². The Bertz CT molecular complexity index is 852. The summed E-state index contributed by atoms with van der Waals surface area (Å²) in [6, 6.07) is 12.5. The van der Waals surface area contributed by atoms with Gasteiger partial charge in [-0.3, -0.25) is 0 Å². The van der Waals surface area contributed by atoms with Gasteiger partial charge in [0.1, 0.15) is 5.75 Å². The number of allylic oxidation sites excluding steroid dienone is 1. The summed E-state index contributed by atoms with van der Waals surface area (Å²) in [5.74, 6) is 0.124. The number of hydrazone groups is 1. The predicted octanol–water partition coefficient (Wildman–Crippen LogP) is 6.15. The summed E-state index contributed by atoms with van der Waals surface area (Å²) < 4.78 is 0. The summed E-state index contributed by atoms with van der Waals surface area (Å²) in [4.78, 5) is -0.686. The molecule has 0 aliphatic carbocycles. The van der Waals surface area contributed by atoms with Crippen molar-refractivity contribution in [1.29, 1.82) is 0 Å². The molecule has 2 rings (SSSR count). The number of rotatable bonds is 7. The number of aromatic hydroxyl groups is 1. The number of halogens is 2. The molecule has 27 heavy (non-hydrogen) atoms. The molecule has 0 radical (unpaired) electrons. The molecule has 0 bridgehead atoms. The van der Waals surface area contributed by atoms with Crippen molar-refractivity contribution in [2.45, 2.75) is 31.7 Å². The number of nitrogens with zero attached hydrogens (tertiary/aromatic N) is 1. The molecular weight excluding hydrogens is 379 g/mol. The number of alkyl halides is 1. The van der Waals surface area contributed by atoms with Crippen LogP contribution in [0.15, 0.2) is 71.9 Å². The summed E-state index contributed by atoms with van der Waals surface area (Å²) in [7, 11) is 0. The molecule has 0 aliphatic heterocycles. The summed E-state index contributed by atoms with van der Waals surface area (Å²) in [6.07, 6.45) is 5.39. The van der Waals surface area contributed by atoms with Crippen molar-refractivity contribution in [1.82, 2.24) is 5.43 Å². The van der Waals surface area contributed by atoms with E-state index in [4.69, 9.17) is 23.2 Å². The average Bonchev–Trinajstić information content (AvgIpc) is 2.65. The van der Waals surface area contributed by atoms with Gasteiger partial charge in [-0.05, 0) is 38.5 Å². The first-order valence-corrected chi connectivity index (χ1v) is 9.38. The lowest BCUT2D eigenvalue weighted by Gasteiger charge is -2.29. The second-order valence-electron chi connectivity index (χ2n) is 6.43. The highest BCUT2D eigenvalue weighted by Gasteiger charge is 2.29. The molecule has 2 aromatic rings. The van der Waals surface area contributed by atoms with Crippen LogP contribution in [0.3, 0.4) is 0 Å². The van der Waals surface area contributed by atoms with E-state index in [9.17, 15) is 5.11 Å². The van der Waals surface area contributed by atoms with Crippen molar-refractivity contribution in [2.24, 2.45) is 5.10 Å². The van der Waals surface area contributed by atoms with E-state index in [-0.39, 0.29) is 11.8 Å². The molecule has 0 aliphatic rings. The van der Waals surface area contributed by atoms with Crippen molar-refractivity contribution in [3.63, 3.8) is 0 Å². The van der Waals surface area contributed by atoms with Crippen LogP contribution in [0, 0.1) is 0 Å². The van der Waals surface area contributed by atoms with E-state index >= 15 is 0 Å². The topological polar surface area (TPSA) is 44.6 Å². The Kier molecular flexibility index (Phi) is 7.11. The number of phenolic OH excluding ortho intramolecular Hbond substituents is 1. The molecule has 0 heterocycles. The number of phenols is 1. The van der Waals surface area contributed by atoms with Gasteiger partial charge in [-0.2, -0.15) is 5.10 Å². The molecule has 5 heteroatoms. The summed E-state index contributed by atoms with van der Waals surface area (Å²) in [5, 5.41) is 15.1. The summed E-state index contributed by atoms with van der Waals surface area (Å²) >= 11 is 12.9. The van der Waals surface area contributed by atoms with Crippen LogP contribution in [0.1, 0.15) is 26.3 Å². The van der Waals surface area contributed by atoms with Crippen LogP contribution in [-0.2, 0) is 0 Å². The molecule has 142 valence electrons. The highest BCUT2D eigenvalue weighted by Crippen LogP contribution is 2.37. The summed E-state index contributed by atoms with van der Waals surface area (Å²) in [5.41, 5.74) is 6.37. The lowest BCUT2D eigenvalue weighted by Crippen LogP contribution is -2.42. The maximum atomic E-state index is 10.2. The first-order chi connectivity index (χ1) is 12.8. The van der Waals surface area contributed by atoms with Gasteiger partial charge in [0.25, 0.3) is 0 Å². The highest BCUT2D eigenvalue weighted by atomic mass is 35.5. The zero-order valence-electron chi connectivity index (χ0n) is 15.7. The largest absolute Gasteiger partial charge is 0.507 e. The molecule has 0 aromatic heterocycles. The van der Waals surface area contributed by atoms with Gasteiger partial charge >= 0.3 is 0 Å². The highest BCUT2D eigenvalue weighted by molar-refractivity contribution is 6.34. The molecule has 2 N–H and O–H groups in total. The maximum absolute atomic E-state index is 10.2. The molecule has 0 amide bonds. The zero-order chi connectivity index (χ0) is 20.0. The zero-order valence-corrected chi connectivity index (χ0v) is 17.2. The van der Waals surface area contributed by atoms with E-state index in [1.165, 1.54) is 0 Å². The molecule has 0 spiro atoms. The minimum absolute atomic E-state index is 0.124. The van der Waals surface area contributed by atoms with Crippen molar-refractivity contribution in [3.05, 3.63) is 77.4 Å². The maximum Gasteiger partial charge on any atom is 0.124 e. The first-order valence-electron chi connectivity index (χ1n) is 8.62. The van der Waals surface area contributed by atoms with Gasteiger partial charge in [0, 0.05) is 11.1 Å².